The van der Waals surface area contributed by atoms with E-state index >= 15 is 0 Å². The van der Waals surface area contributed by atoms with Crippen LogP contribution in [-0.4, -0.2) is 39.7 Å². The average Bonchev–Trinajstić information content (AvgIpc) is 2.93. The number of allylic oxidation sites excluding steroid dienone is 3. The largest absolute Gasteiger partial charge is 0 e. The number of hydrogen-bond acceptors (Lipinski definition) is 1. The van der Waals surface area contributed by atoms with Crippen LogP contribution in [-0.2, 0) is 28.9 Å². The van der Waals surface area contributed by atoms with Crippen LogP contribution in [0, 0.1) is 18.1 Å². The summed E-state index contributed by atoms with van der Waals surface area (Å²) in [6.45, 7) is 39.1. The fraction of sp³-hybridized carbons (Fsp3) is 0.537. The normalized spacial score (nSPS) is 12.5. The molecule has 0 saturated heterocycles. The van der Waals surface area contributed by atoms with Crippen LogP contribution in [0.5, 0.6) is 0 Å². The zero-order valence-corrected chi connectivity index (χ0v) is 34.7. The number of rotatable bonds is 8. The van der Waals surface area contributed by atoms with Crippen molar-refractivity contribution in [3.05, 3.63) is 95.8 Å². The topological polar surface area (TPSA) is 37.0 Å². The molecule has 2 nitrogen and oxygen atoms in total. The van der Waals surface area contributed by atoms with Gasteiger partial charge < -0.3 is 4.79 Å². The van der Waals surface area contributed by atoms with Gasteiger partial charge in [-0.1, -0.05) is 191 Å². The Kier molecular flexibility index (Phi) is 23.4. The number of benzene rings is 2. The van der Waals surface area contributed by atoms with Gasteiger partial charge in [0.1, 0.15) is 5.78 Å². The van der Waals surface area contributed by atoms with Gasteiger partial charge in [-0.25, -0.2) is 5.73 Å². The Hall–Kier alpha value is -1.41. The summed E-state index contributed by atoms with van der Waals surface area (Å²) in [6.07, 6.45) is 3.17. The van der Waals surface area contributed by atoms with Crippen molar-refractivity contribution in [3.8, 4) is 0 Å². The van der Waals surface area contributed by atoms with Crippen molar-refractivity contribution in [2.75, 3.05) is 0 Å². The Balaban J connectivity index is 0. The molecule has 0 unspecified atom stereocenters. The van der Waals surface area contributed by atoms with E-state index in [0.29, 0.717) is 11.1 Å². The molecule has 0 bridgehead atoms. The number of carbonyl (C=O) groups is 1. The third kappa shape index (κ3) is 15.7. The molecule has 0 aliphatic heterocycles. The van der Waals surface area contributed by atoms with E-state index in [4.69, 9.17) is 4.65 Å². The monoisotopic (exact) mass is 750 g/mol. The Labute approximate surface area is 299 Å². The van der Waals surface area contributed by atoms with Crippen LogP contribution in [0.3, 0.4) is 0 Å². The second kappa shape index (κ2) is 23.0. The van der Waals surface area contributed by atoms with E-state index in [1.807, 2.05) is 48.5 Å². The molecule has 2 aromatic carbocycles. The maximum Gasteiger partial charge on any atom is 0 e. The van der Waals surface area contributed by atoms with E-state index in [1.165, 1.54) is 0 Å². The van der Waals surface area contributed by atoms with Gasteiger partial charge in [0.2, 0.25) is 0 Å². The van der Waals surface area contributed by atoms with Crippen LogP contribution in [0.25, 0.3) is 11.1 Å². The van der Waals surface area contributed by atoms with E-state index in [2.05, 4.69) is 134 Å². The third-order valence-corrected chi connectivity index (χ3v) is 14.6. The summed E-state index contributed by atoms with van der Waals surface area (Å²) in [7, 11) is 0.525. The first-order valence-corrected chi connectivity index (χ1v) is 19.6. The van der Waals surface area contributed by atoms with Crippen LogP contribution in [0.1, 0.15) is 115 Å². The zero-order chi connectivity index (χ0) is 35.1. The van der Waals surface area contributed by atoms with Crippen molar-refractivity contribution in [1.29, 1.82) is 0 Å². The summed E-state index contributed by atoms with van der Waals surface area (Å²) >= 11 is 0. The summed E-state index contributed by atoms with van der Waals surface area (Å²) in [6, 6.07) is 19.8. The van der Waals surface area contributed by atoms with E-state index in [9.17, 15) is 4.79 Å². The molecular formula is C41H61O2P2Rh-. The van der Waals surface area contributed by atoms with Crippen molar-refractivity contribution in [2.24, 2.45) is 5.41 Å². The second-order valence-corrected chi connectivity index (χ2v) is 22.1. The molecule has 0 aromatic heterocycles. The van der Waals surface area contributed by atoms with Gasteiger partial charge in [-0.15, -0.1) is 6.08 Å². The SMILES string of the molecule is CC(C)(C)C(=C=C1[C-]=C(c2ccccc2)C1=O)c1ccccc1.CC(C)P(C(C)C)C(C)C.CC(C)P(C(C)C)C(C)C.[C-]#[O+].[Rh]. The quantitative estimate of drug-likeness (QED) is 0.0661. The zero-order valence-electron chi connectivity index (χ0n) is 31.3. The first-order chi connectivity index (χ1) is 20.9. The van der Waals surface area contributed by atoms with Crippen molar-refractivity contribution in [1.82, 2.24) is 0 Å². The van der Waals surface area contributed by atoms with Gasteiger partial charge in [0.05, 0.1) is 0 Å². The van der Waals surface area contributed by atoms with Crippen LogP contribution in [0.2, 0.25) is 0 Å². The molecule has 0 N–H and O–H groups in total. The summed E-state index contributed by atoms with van der Waals surface area (Å²) in [4.78, 5) is 12.4. The van der Waals surface area contributed by atoms with Gasteiger partial charge >= 0.3 is 11.3 Å². The molecule has 0 atom stereocenters. The minimum Gasteiger partial charge on any atom is 0 e. The fourth-order valence-electron chi connectivity index (χ4n) is 6.20. The molecule has 0 heterocycles. The first kappa shape index (κ1) is 46.7. The van der Waals surface area contributed by atoms with Gasteiger partial charge in [-0.3, -0.25) is 0 Å². The van der Waals surface area contributed by atoms with Crippen LogP contribution in [0.4, 0.5) is 0 Å². The number of Topliss-reactive ketones (excluding diaryl/α,β-unsaturated/α-hetero) is 1. The molecule has 1 radical (unpaired) electrons. The predicted molar refractivity (Wildman–Crippen MR) is 203 cm³/mol. The third-order valence-electron chi connectivity index (χ3n) is 7.41. The molecule has 0 fully saturated rings. The Morgan fingerprint density at radius 1 is 0.652 bits per heavy atom. The fourth-order valence-corrected chi connectivity index (χ4v) is 13.4. The maximum absolute atomic E-state index is 12.4. The van der Waals surface area contributed by atoms with Gasteiger partial charge in [-0.2, -0.15) is 0 Å². The molecule has 0 saturated carbocycles. The molecular weight excluding hydrogens is 689 g/mol. The summed E-state index contributed by atoms with van der Waals surface area (Å²) in [5, 5.41) is 0. The summed E-state index contributed by atoms with van der Waals surface area (Å²) in [5.41, 5.74) is 12.8. The molecule has 0 spiro atoms. The van der Waals surface area contributed by atoms with Crippen LogP contribution in [0.15, 0.2) is 72.0 Å². The molecule has 1 aliphatic carbocycles. The average molecular weight is 751 g/mol. The Morgan fingerprint density at radius 3 is 1.24 bits per heavy atom. The molecule has 46 heavy (non-hydrogen) atoms. The minimum atomic E-state index is -0.0984. The van der Waals surface area contributed by atoms with Gasteiger partial charge in [0.15, 0.2) is 0 Å². The van der Waals surface area contributed by atoms with Crippen molar-refractivity contribution in [2.45, 2.75) is 138 Å². The van der Waals surface area contributed by atoms with Gasteiger partial charge in [-0.05, 0) is 56.1 Å². The second-order valence-electron chi connectivity index (χ2n) is 14.1. The van der Waals surface area contributed by atoms with Crippen molar-refractivity contribution >= 4 is 32.8 Å². The van der Waals surface area contributed by atoms with E-state index in [0.717, 1.165) is 50.7 Å². The molecule has 1 aliphatic rings. The van der Waals surface area contributed by atoms with Gasteiger partial charge in [0, 0.05) is 19.5 Å². The smallest absolute Gasteiger partial charge is 0 e. The standard InChI is InChI=1S/C22H19O.2C9H21P.CO.Rh/c1-22(2,3)20(17-12-8-5-9-13-17)15-18-14-19(21(18)23)16-10-6-4-7-11-16;2*1-7(2)10(8(3)4)9(5)6;1-2;/h4-13H,1-3H3;2*7-9H,1-6H3;;/q-1;;;;. The summed E-state index contributed by atoms with van der Waals surface area (Å²) < 4.78 is 7.50. The Morgan fingerprint density at radius 2 is 0.978 bits per heavy atom. The number of hydrogen-bond donors (Lipinski definition) is 0. The van der Waals surface area contributed by atoms with Crippen molar-refractivity contribution < 1.29 is 28.9 Å². The first-order valence-electron chi connectivity index (χ1n) is 16.5. The Bertz CT molecular complexity index is 1200. The maximum atomic E-state index is 12.4. The van der Waals surface area contributed by atoms with E-state index < -0.39 is 0 Å². The minimum absolute atomic E-state index is 0. The van der Waals surface area contributed by atoms with Crippen LogP contribution >= 0.6 is 15.8 Å². The van der Waals surface area contributed by atoms with E-state index in [-0.39, 0.29) is 46.5 Å². The van der Waals surface area contributed by atoms with Crippen molar-refractivity contribution in [3.63, 3.8) is 0 Å². The molecule has 0 amide bonds. The molecule has 3 rings (SSSR count). The summed E-state index contributed by atoms with van der Waals surface area (Å²) in [5.74, 6) is 0.0221. The van der Waals surface area contributed by atoms with E-state index in [1.54, 1.807) is 0 Å². The number of ketones is 1. The molecule has 2 aromatic rings. The molecule has 5 heteroatoms. The molecule has 257 valence electrons. The number of carbonyl (C=O) groups excluding carboxylic acids is 1. The van der Waals surface area contributed by atoms with Gasteiger partial charge in [0.25, 0.3) is 0 Å². The predicted octanol–water partition coefficient (Wildman–Crippen LogP) is 12.5. The van der Waals surface area contributed by atoms with Crippen LogP contribution < -0.4 is 0 Å².